The van der Waals surface area contributed by atoms with E-state index in [1.165, 1.54) is 0 Å². The van der Waals surface area contributed by atoms with Gasteiger partial charge in [-0.05, 0) is 12.1 Å². The van der Waals surface area contributed by atoms with Crippen LogP contribution in [0.1, 0.15) is 32.9 Å². The molecule has 25 heavy (non-hydrogen) atoms. The molecule has 1 aliphatic rings. The van der Waals surface area contributed by atoms with Gasteiger partial charge < -0.3 is 10.6 Å². The summed E-state index contributed by atoms with van der Waals surface area (Å²) in [7, 11) is 0. The Morgan fingerprint density at radius 1 is 1.44 bits per heavy atom. The highest BCUT2D eigenvalue weighted by Crippen LogP contribution is 2.22. The number of carbonyl (C=O) groups excluding carboxylic acids is 2. The fourth-order valence-corrected chi connectivity index (χ4v) is 3.48. The summed E-state index contributed by atoms with van der Waals surface area (Å²) in [6, 6.07) is 5.30. The maximum absolute atomic E-state index is 12.2. The first-order valence-corrected chi connectivity index (χ1v) is 9.66. The largest absolute Gasteiger partial charge is 0.355 e. The summed E-state index contributed by atoms with van der Waals surface area (Å²) in [6.07, 6.45) is 1.92. The number of hydrogen-bond donors (Lipinski definition) is 2. The maximum atomic E-state index is 12.2. The molecule has 0 radical (unpaired) electrons. The molecule has 2 N–H and O–H groups in total. The van der Waals surface area contributed by atoms with E-state index in [4.69, 9.17) is 0 Å². The predicted octanol–water partition coefficient (Wildman–Crippen LogP) is 1.42. The average molecular weight is 365 g/mol. The lowest BCUT2D eigenvalue weighted by atomic mass is 10.1. The fourth-order valence-electron chi connectivity index (χ4n) is 2.67. The molecule has 0 bridgehead atoms. The smallest absolute Gasteiger partial charge is 0.237 e. The number of piperazine rings is 1. The second-order valence-electron chi connectivity index (χ2n) is 7.11. The van der Waals surface area contributed by atoms with Gasteiger partial charge in [-0.15, -0.1) is 0 Å². The van der Waals surface area contributed by atoms with Crippen LogP contribution in [0.4, 0.5) is 0 Å². The van der Waals surface area contributed by atoms with Gasteiger partial charge in [0.2, 0.25) is 11.8 Å². The van der Waals surface area contributed by atoms with Gasteiger partial charge in [-0.25, -0.2) is 0 Å². The van der Waals surface area contributed by atoms with Crippen molar-refractivity contribution in [3.8, 4) is 0 Å². The molecule has 1 fully saturated rings. The van der Waals surface area contributed by atoms with Gasteiger partial charge in [-0.2, -0.15) is 11.8 Å². The minimum absolute atomic E-state index is 0.0809. The highest BCUT2D eigenvalue weighted by atomic mass is 32.2. The van der Waals surface area contributed by atoms with E-state index in [0.717, 1.165) is 18.0 Å². The Morgan fingerprint density at radius 3 is 2.92 bits per heavy atom. The summed E-state index contributed by atoms with van der Waals surface area (Å²) < 4.78 is 0.188. The lowest BCUT2D eigenvalue weighted by Crippen LogP contribution is -2.56. The molecule has 1 atom stereocenters. The number of rotatable bonds is 7. The van der Waals surface area contributed by atoms with Crippen LogP contribution in [0.2, 0.25) is 0 Å². The molecule has 7 heteroatoms. The Balaban J connectivity index is 1.85. The van der Waals surface area contributed by atoms with Crippen LogP contribution in [0.25, 0.3) is 0 Å². The van der Waals surface area contributed by atoms with Crippen molar-refractivity contribution in [3.05, 3.63) is 30.1 Å². The highest BCUT2D eigenvalue weighted by molar-refractivity contribution is 8.00. The van der Waals surface area contributed by atoms with Gasteiger partial charge in [0, 0.05) is 42.9 Å². The third kappa shape index (κ3) is 7.04. The minimum atomic E-state index is -0.439. The van der Waals surface area contributed by atoms with Crippen LogP contribution >= 0.6 is 11.8 Å². The number of aromatic nitrogens is 1. The summed E-state index contributed by atoms with van der Waals surface area (Å²) in [5, 5.41) is 5.78. The van der Waals surface area contributed by atoms with Gasteiger partial charge >= 0.3 is 0 Å². The number of nitrogens with one attached hydrogen (secondary N) is 2. The molecule has 1 aromatic rings. The van der Waals surface area contributed by atoms with E-state index in [2.05, 4.69) is 36.4 Å². The Hall–Kier alpha value is -1.60. The Labute approximate surface area is 154 Å². The van der Waals surface area contributed by atoms with Gasteiger partial charge in [-0.1, -0.05) is 26.8 Å². The van der Waals surface area contributed by atoms with Gasteiger partial charge in [0.25, 0.3) is 0 Å². The number of carbonyl (C=O) groups is 2. The molecule has 0 saturated carbocycles. The second kappa shape index (κ2) is 9.20. The topological polar surface area (TPSA) is 74.3 Å². The second-order valence-corrected chi connectivity index (χ2v) is 9.03. The number of nitrogens with zero attached hydrogens (tertiary/aromatic N) is 2. The molecule has 138 valence electrons. The number of amides is 2. The van der Waals surface area contributed by atoms with Crippen LogP contribution in [0.5, 0.6) is 0 Å². The summed E-state index contributed by atoms with van der Waals surface area (Å²) >= 11 is 1.81. The normalized spacial score (nSPS) is 18.7. The quantitative estimate of drug-likeness (QED) is 0.716. The number of hydrogen-bond acceptors (Lipinski definition) is 5. The van der Waals surface area contributed by atoms with E-state index >= 15 is 0 Å². The van der Waals surface area contributed by atoms with E-state index in [0.29, 0.717) is 19.6 Å². The zero-order valence-corrected chi connectivity index (χ0v) is 16.1. The lowest BCUT2D eigenvalue weighted by Gasteiger charge is -2.34. The standard InChI is InChI=1S/C18H28N4O2S/c1-18(2,3)25-11-9-20-16(23)12-15-17(24)21-8-10-22(15)13-14-6-4-5-7-19-14/h4-7,15H,8-13H2,1-3H3,(H,20,23)(H,21,24). The molecular formula is C18H28N4O2S. The van der Waals surface area contributed by atoms with Gasteiger partial charge in [0.1, 0.15) is 0 Å². The molecule has 1 aliphatic heterocycles. The van der Waals surface area contributed by atoms with Crippen molar-refractivity contribution >= 4 is 23.6 Å². The average Bonchev–Trinajstić information content (AvgIpc) is 2.55. The Bertz CT molecular complexity index is 574. The van der Waals surface area contributed by atoms with Crippen molar-refractivity contribution in [1.82, 2.24) is 20.5 Å². The third-order valence-corrected chi connectivity index (χ3v) is 5.15. The molecule has 1 unspecified atom stereocenters. The Kier molecular flexibility index (Phi) is 7.25. The molecule has 6 nitrogen and oxygen atoms in total. The van der Waals surface area contributed by atoms with Crippen LogP contribution in [0.15, 0.2) is 24.4 Å². The SMILES string of the molecule is CC(C)(C)SCCNC(=O)CC1C(=O)NCCN1Cc1ccccn1. The molecule has 0 aliphatic carbocycles. The van der Waals surface area contributed by atoms with Crippen molar-refractivity contribution in [2.45, 2.75) is 44.5 Å². The van der Waals surface area contributed by atoms with E-state index in [1.54, 1.807) is 6.20 Å². The van der Waals surface area contributed by atoms with Crippen molar-refractivity contribution in [2.75, 3.05) is 25.4 Å². The van der Waals surface area contributed by atoms with Gasteiger partial charge in [0.15, 0.2) is 0 Å². The zero-order valence-electron chi connectivity index (χ0n) is 15.2. The van der Waals surface area contributed by atoms with Crippen LogP contribution in [-0.2, 0) is 16.1 Å². The van der Waals surface area contributed by atoms with Crippen molar-refractivity contribution < 1.29 is 9.59 Å². The van der Waals surface area contributed by atoms with E-state index in [-0.39, 0.29) is 23.0 Å². The predicted molar refractivity (Wildman–Crippen MR) is 101 cm³/mol. The Morgan fingerprint density at radius 2 is 2.24 bits per heavy atom. The van der Waals surface area contributed by atoms with E-state index in [9.17, 15) is 9.59 Å². The molecule has 2 rings (SSSR count). The number of pyridine rings is 1. The number of thioether (sulfide) groups is 1. The van der Waals surface area contributed by atoms with Crippen molar-refractivity contribution in [3.63, 3.8) is 0 Å². The van der Waals surface area contributed by atoms with Gasteiger partial charge in [0.05, 0.1) is 18.2 Å². The first-order chi connectivity index (χ1) is 11.8. The molecule has 0 spiro atoms. The summed E-state index contributed by atoms with van der Waals surface area (Å²) in [5.74, 6) is 0.702. The minimum Gasteiger partial charge on any atom is -0.355 e. The van der Waals surface area contributed by atoms with E-state index in [1.807, 2.05) is 34.9 Å². The van der Waals surface area contributed by atoms with Crippen LogP contribution in [-0.4, -0.2) is 57.9 Å². The van der Waals surface area contributed by atoms with Crippen LogP contribution < -0.4 is 10.6 Å². The lowest BCUT2D eigenvalue weighted by molar-refractivity contribution is -0.134. The fraction of sp³-hybridized carbons (Fsp3) is 0.611. The molecule has 2 amide bonds. The van der Waals surface area contributed by atoms with Crippen LogP contribution in [0.3, 0.4) is 0 Å². The summed E-state index contributed by atoms with van der Waals surface area (Å²) in [4.78, 5) is 30.8. The van der Waals surface area contributed by atoms with Crippen molar-refractivity contribution in [2.24, 2.45) is 0 Å². The molecular weight excluding hydrogens is 336 g/mol. The molecule has 2 heterocycles. The first-order valence-electron chi connectivity index (χ1n) is 8.67. The van der Waals surface area contributed by atoms with Gasteiger partial charge in [-0.3, -0.25) is 19.5 Å². The third-order valence-electron chi connectivity index (χ3n) is 3.87. The summed E-state index contributed by atoms with van der Waals surface area (Å²) in [5.41, 5.74) is 0.907. The molecule has 0 aromatic carbocycles. The van der Waals surface area contributed by atoms with Crippen molar-refractivity contribution in [1.29, 1.82) is 0 Å². The zero-order chi connectivity index (χ0) is 18.3. The maximum Gasteiger partial charge on any atom is 0.237 e. The molecule has 1 saturated heterocycles. The van der Waals surface area contributed by atoms with Crippen LogP contribution in [0, 0.1) is 0 Å². The first kappa shape index (κ1) is 19.7. The summed E-state index contributed by atoms with van der Waals surface area (Å²) in [6.45, 7) is 8.98. The monoisotopic (exact) mass is 364 g/mol. The highest BCUT2D eigenvalue weighted by Gasteiger charge is 2.31. The molecule has 1 aromatic heterocycles. The van der Waals surface area contributed by atoms with E-state index < -0.39 is 6.04 Å².